The highest BCUT2D eigenvalue weighted by Gasteiger charge is 2.33. The Labute approximate surface area is 133 Å². The van der Waals surface area contributed by atoms with Crippen LogP contribution in [0.15, 0.2) is 42.7 Å². The van der Waals surface area contributed by atoms with E-state index in [2.05, 4.69) is 9.88 Å². The fourth-order valence-electron chi connectivity index (χ4n) is 2.89. The van der Waals surface area contributed by atoms with Crippen molar-refractivity contribution in [3.8, 4) is 0 Å². The van der Waals surface area contributed by atoms with Gasteiger partial charge in [0.05, 0.1) is 5.56 Å². The molecule has 1 saturated heterocycles. The number of pyridine rings is 1. The molecular formula is C17H18F3N3. The van der Waals surface area contributed by atoms with E-state index in [1.165, 1.54) is 13.0 Å². The van der Waals surface area contributed by atoms with Gasteiger partial charge in [-0.15, -0.1) is 0 Å². The number of piperazine rings is 1. The Morgan fingerprint density at radius 1 is 0.870 bits per heavy atom. The minimum absolute atomic E-state index is 0.261. The quantitative estimate of drug-likeness (QED) is 0.840. The average molecular weight is 321 g/mol. The molecule has 0 spiro atoms. The third-order valence-electron chi connectivity index (χ3n) is 4.20. The number of alkyl halides is 3. The molecule has 0 saturated carbocycles. The summed E-state index contributed by atoms with van der Waals surface area (Å²) in [5.41, 5.74) is 1.44. The summed E-state index contributed by atoms with van der Waals surface area (Å²) in [5, 5.41) is 0. The van der Waals surface area contributed by atoms with Gasteiger partial charge in [0.25, 0.3) is 0 Å². The highest BCUT2D eigenvalue weighted by atomic mass is 19.4. The minimum Gasteiger partial charge on any atom is -0.368 e. The number of anilines is 2. The van der Waals surface area contributed by atoms with Gasteiger partial charge in [0.2, 0.25) is 0 Å². The molecule has 0 unspecified atom stereocenters. The second kappa shape index (κ2) is 6.10. The molecule has 0 radical (unpaired) electrons. The van der Waals surface area contributed by atoms with Crippen molar-refractivity contribution < 1.29 is 13.2 Å². The Morgan fingerprint density at radius 2 is 1.43 bits per heavy atom. The number of aromatic nitrogens is 1. The predicted molar refractivity (Wildman–Crippen MR) is 84.8 cm³/mol. The lowest BCUT2D eigenvalue weighted by Gasteiger charge is -2.37. The molecule has 0 atom stereocenters. The van der Waals surface area contributed by atoms with Crippen molar-refractivity contribution in [2.45, 2.75) is 13.1 Å². The van der Waals surface area contributed by atoms with E-state index in [0.717, 1.165) is 18.8 Å². The van der Waals surface area contributed by atoms with Gasteiger partial charge in [0, 0.05) is 49.9 Å². The SMILES string of the molecule is Cc1ccc(N2CCN(c3ccncc3)CC2)cc1C(F)(F)F. The van der Waals surface area contributed by atoms with E-state index in [9.17, 15) is 13.2 Å². The highest BCUT2D eigenvalue weighted by molar-refractivity contribution is 5.54. The summed E-state index contributed by atoms with van der Waals surface area (Å²) in [4.78, 5) is 8.23. The Bertz CT molecular complexity index is 663. The molecule has 3 nitrogen and oxygen atoms in total. The summed E-state index contributed by atoms with van der Waals surface area (Å²) in [6, 6.07) is 8.48. The smallest absolute Gasteiger partial charge is 0.368 e. The lowest BCUT2D eigenvalue weighted by molar-refractivity contribution is -0.138. The molecule has 0 bridgehead atoms. The van der Waals surface area contributed by atoms with E-state index >= 15 is 0 Å². The zero-order valence-corrected chi connectivity index (χ0v) is 12.8. The van der Waals surface area contributed by atoms with Crippen LogP contribution in [0.1, 0.15) is 11.1 Å². The fraction of sp³-hybridized carbons (Fsp3) is 0.353. The zero-order valence-electron chi connectivity index (χ0n) is 12.8. The van der Waals surface area contributed by atoms with Crippen LogP contribution in [0, 0.1) is 6.92 Å². The molecule has 1 fully saturated rings. The van der Waals surface area contributed by atoms with Gasteiger partial charge in [0.15, 0.2) is 0 Å². The van der Waals surface area contributed by atoms with Gasteiger partial charge in [-0.3, -0.25) is 4.98 Å². The number of rotatable bonds is 2. The average Bonchev–Trinajstić information content (AvgIpc) is 2.55. The van der Waals surface area contributed by atoms with Crippen LogP contribution in [-0.2, 0) is 6.18 Å². The monoisotopic (exact) mass is 321 g/mol. The first-order valence-corrected chi connectivity index (χ1v) is 7.53. The molecule has 3 rings (SSSR count). The maximum atomic E-state index is 13.0. The van der Waals surface area contributed by atoms with Gasteiger partial charge in [-0.25, -0.2) is 0 Å². The standard InChI is InChI=1S/C17H18F3N3/c1-13-2-3-15(12-16(13)17(18,19)20)23-10-8-22(9-11-23)14-4-6-21-7-5-14/h2-7,12H,8-11H2,1H3. The number of nitrogens with zero attached hydrogens (tertiary/aromatic N) is 3. The van der Waals surface area contributed by atoms with Crippen molar-refractivity contribution in [3.05, 3.63) is 53.9 Å². The van der Waals surface area contributed by atoms with E-state index in [4.69, 9.17) is 0 Å². The van der Waals surface area contributed by atoms with Gasteiger partial charge < -0.3 is 9.80 Å². The normalized spacial score (nSPS) is 15.8. The van der Waals surface area contributed by atoms with Crippen LogP contribution >= 0.6 is 0 Å². The van der Waals surface area contributed by atoms with Gasteiger partial charge >= 0.3 is 6.18 Å². The third-order valence-corrected chi connectivity index (χ3v) is 4.20. The van der Waals surface area contributed by atoms with Crippen LogP contribution in [0.4, 0.5) is 24.5 Å². The van der Waals surface area contributed by atoms with E-state index in [-0.39, 0.29) is 5.56 Å². The van der Waals surface area contributed by atoms with Crippen molar-refractivity contribution in [3.63, 3.8) is 0 Å². The van der Waals surface area contributed by atoms with Crippen LogP contribution < -0.4 is 9.80 Å². The topological polar surface area (TPSA) is 19.4 Å². The van der Waals surface area contributed by atoms with Crippen LogP contribution in [0.25, 0.3) is 0 Å². The Morgan fingerprint density at radius 3 is 2.00 bits per heavy atom. The first kappa shape index (κ1) is 15.6. The molecule has 1 aromatic heterocycles. The van der Waals surface area contributed by atoms with Crippen molar-refractivity contribution in [2.24, 2.45) is 0 Å². The molecule has 1 aromatic carbocycles. The second-order valence-corrected chi connectivity index (χ2v) is 5.68. The van der Waals surface area contributed by atoms with Crippen molar-refractivity contribution in [1.82, 2.24) is 4.98 Å². The van der Waals surface area contributed by atoms with Crippen LogP contribution in [0.2, 0.25) is 0 Å². The maximum Gasteiger partial charge on any atom is 0.416 e. The summed E-state index contributed by atoms with van der Waals surface area (Å²) in [5.74, 6) is 0. The highest BCUT2D eigenvalue weighted by Crippen LogP contribution is 2.34. The van der Waals surface area contributed by atoms with Gasteiger partial charge in [0.1, 0.15) is 0 Å². The van der Waals surface area contributed by atoms with Gasteiger partial charge in [-0.05, 0) is 36.8 Å². The minimum atomic E-state index is -4.31. The van der Waals surface area contributed by atoms with E-state index in [1.807, 2.05) is 17.0 Å². The Balaban J connectivity index is 1.73. The fourth-order valence-corrected chi connectivity index (χ4v) is 2.89. The van der Waals surface area contributed by atoms with Crippen LogP contribution in [-0.4, -0.2) is 31.2 Å². The summed E-state index contributed by atoms with van der Waals surface area (Å²) < 4.78 is 39.1. The van der Waals surface area contributed by atoms with Crippen LogP contribution in [0.3, 0.4) is 0 Å². The number of benzene rings is 1. The first-order chi connectivity index (χ1) is 10.9. The molecule has 0 amide bonds. The molecule has 0 aliphatic carbocycles. The summed E-state index contributed by atoms with van der Waals surface area (Å²) in [7, 11) is 0. The number of aryl methyl sites for hydroxylation is 1. The van der Waals surface area contributed by atoms with Crippen molar-refractivity contribution in [2.75, 3.05) is 36.0 Å². The van der Waals surface area contributed by atoms with Crippen LogP contribution in [0.5, 0.6) is 0 Å². The first-order valence-electron chi connectivity index (χ1n) is 7.53. The van der Waals surface area contributed by atoms with Crippen molar-refractivity contribution >= 4 is 11.4 Å². The molecule has 2 heterocycles. The number of halogens is 3. The third kappa shape index (κ3) is 3.41. The summed E-state index contributed by atoms with van der Waals surface area (Å²) in [6.07, 6.45) is -0.812. The molecule has 1 aliphatic rings. The Hall–Kier alpha value is -2.24. The molecule has 23 heavy (non-hydrogen) atoms. The zero-order chi connectivity index (χ0) is 16.4. The molecular weight excluding hydrogens is 303 g/mol. The van der Waals surface area contributed by atoms with Gasteiger partial charge in [-0.1, -0.05) is 6.07 Å². The largest absolute Gasteiger partial charge is 0.416 e. The molecule has 6 heteroatoms. The summed E-state index contributed by atoms with van der Waals surface area (Å²) >= 11 is 0. The second-order valence-electron chi connectivity index (χ2n) is 5.68. The molecule has 0 N–H and O–H groups in total. The number of hydrogen-bond donors (Lipinski definition) is 0. The summed E-state index contributed by atoms with van der Waals surface area (Å²) in [6.45, 7) is 4.44. The van der Waals surface area contributed by atoms with E-state index < -0.39 is 11.7 Å². The number of hydrogen-bond acceptors (Lipinski definition) is 3. The van der Waals surface area contributed by atoms with E-state index in [0.29, 0.717) is 18.8 Å². The molecule has 122 valence electrons. The Kier molecular flexibility index (Phi) is 4.15. The van der Waals surface area contributed by atoms with E-state index in [1.54, 1.807) is 24.5 Å². The maximum absolute atomic E-state index is 13.0. The van der Waals surface area contributed by atoms with Gasteiger partial charge in [-0.2, -0.15) is 13.2 Å². The predicted octanol–water partition coefficient (Wildman–Crippen LogP) is 3.74. The van der Waals surface area contributed by atoms with Crippen molar-refractivity contribution in [1.29, 1.82) is 0 Å². The lowest BCUT2D eigenvalue weighted by Crippen LogP contribution is -2.46. The lowest BCUT2D eigenvalue weighted by atomic mass is 10.1. The molecule has 1 aliphatic heterocycles. The molecule has 2 aromatic rings.